The van der Waals surface area contributed by atoms with E-state index in [-0.39, 0.29) is 18.6 Å². The fraction of sp³-hybridized carbons (Fsp3) is 0.316. The average molecular weight is 313 g/mol. The summed E-state index contributed by atoms with van der Waals surface area (Å²) in [6.07, 6.45) is 0. The summed E-state index contributed by atoms with van der Waals surface area (Å²) in [6.45, 7) is 4.61. The van der Waals surface area contributed by atoms with Gasteiger partial charge in [-0.2, -0.15) is 0 Å². The van der Waals surface area contributed by atoms with Crippen molar-refractivity contribution >= 4 is 5.91 Å². The number of benzene rings is 2. The lowest BCUT2D eigenvalue weighted by Gasteiger charge is -2.27. The van der Waals surface area contributed by atoms with Crippen molar-refractivity contribution in [3.63, 3.8) is 0 Å². The van der Waals surface area contributed by atoms with Gasteiger partial charge < -0.3 is 14.4 Å². The van der Waals surface area contributed by atoms with E-state index in [4.69, 9.17) is 9.47 Å². The summed E-state index contributed by atoms with van der Waals surface area (Å²) in [5.74, 6) is 1.30. The van der Waals surface area contributed by atoms with Crippen molar-refractivity contribution in [2.45, 2.75) is 26.4 Å². The molecule has 0 aliphatic carbocycles. The third-order valence-electron chi connectivity index (χ3n) is 3.54. The number of rotatable bonds is 7. The molecule has 1 amide bonds. The molecule has 0 bridgehead atoms. The Morgan fingerprint density at radius 3 is 2.39 bits per heavy atom. The van der Waals surface area contributed by atoms with Gasteiger partial charge in [0.25, 0.3) is 5.91 Å². The summed E-state index contributed by atoms with van der Waals surface area (Å²) in [7, 11) is 1.60. The Bertz CT molecular complexity index is 626. The molecule has 0 radical (unpaired) electrons. The molecule has 0 N–H and O–H groups in total. The molecule has 0 fully saturated rings. The van der Waals surface area contributed by atoms with Gasteiger partial charge in [0.2, 0.25) is 0 Å². The zero-order chi connectivity index (χ0) is 16.7. The summed E-state index contributed by atoms with van der Waals surface area (Å²) in [4.78, 5) is 14.3. The highest BCUT2D eigenvalue weighted by Crippen LogP contribution is 2.19. The second kappa shape index (κ2) is 8.22. The number of nitrogens with zero attached hydrogens (tertiary/aromatic N) is 1. The van der Waals surface area contributed by atoms with Crippen LogP contribution in [-0.4, -0.2) is 30.6 Å². The Balaban J connectivity index is 1.98. The van der Waals surface area contributed by atoms with Gasteiger partial charge >= 0.3 is 0 Å². The minimum absolute atomic E-state index is 0.0121. The maximum Gasteiger partial charge on any atom is 0.261 e. The van der Waals surface area contributed by atoms with E-state index in [0.717, 1.165) is 5.56 Å². The molecular weight excluding hydrogens is 290 g/mol. The van der Waals surface area contributed by atoms with E-state index in [1.165, 1.54) is 0 Å². The van der Waals surface area contributed by atoms with Crippen molar-refractivity contribution in [1.29, 1.82) is 0 Å². The van der Waals surface area contributed by atoms with Crippen LogP contribution in [0, 0.1) is 0 Å². The van der Waals surface area contributed by atoms with Gasteiger partial charge in [0.15, 0.2) is 6.61 Å². The van der Waals surface area contributed by atoms with Gasteiger partial charge in [0.05, 0.1) is 7.11 Å². The van der Waals surface area contributed by atoms with Gasteiger partial charge in [-0.05, 0) is 31.5 Å². The predicted octanol–water partition coefficient (Wildman–Crippen LogP) is 3.51. The molecule has 0 aliphatic rings. The highest BCUT2D eigenvalue weighted by Gasteiger charge is 2.18. The third kappa shape index (κ3) is 5.02. The van der Waals surface area contributed by atoms with E-state index in [1.807, 2.05) is 67.3 Å². The van der Waals surface area contributed by atoms with Crippen LogP contribution in [0.25, 0.3) is 0 Å². The maximum absolute atomic E-state index is 12.5. The lowest BCUT2D eigenvalue weighted by atomic mass is 10.2. The minimum Gasteiger partial charge on any atom is -0.497 e. The van der Waals surface area contributed by atoms with Crippen LogP contribution < -0.4 is 9.47 Å². The van der Waals surface area contributed by atoms with E-state index in [1.54, 1.807) is 13.2 Å². The summed E-state index contributed by atoms with van der Waals surface area (Å²) in [5.41, 5.74) is 1.11. The van der Waals surface area contributed by atoms with Crippen LogP contribution in [0.15, 0.2) is 54.6 Å². The maximum atomic E-state index is 12.5. The molecule has 0 aliphatic heterocycles. The van der Waals surface area contributed by atoms with Crippen molar-refractivity contribution in [3.05, 3.63) is 60.2 Å². The first-order chi connectivity index (χ1) is 11.1. The third-order valence-corrected chi connectivity index (χ3v) is 3.54. The number of ether oxygens (including phenoxy) is 2. The lowest BCUT2D eigenvalue weighted by molar-refractivity contribution is -0.135. The molecule has 2 aromatic carbocycles. The zero-order valence-electron chi connectivity index (χ0n) is 13.9. The summed E-state index contributed by atoms with van der Waals surface area (Å²) in [5, 5.41) is 0. The van der Waals surface area contributed by atoms with E-state index in [9.17, 15) is 4.79 Å². The monoisotopic (exact) mass is 313 g/mol. The second-order valence-electron chi connectivity index (χ2n) is 5.57. The van der Waals surface area contributed by atoms with Crippen molar-refractivity contribution in [3.8, 4) is 11.5 Å². The molecular formula is C19H23NO3. The fourth-order valence-electron chi connectivity index (χ4n) is 2.26. The van der Waals surface area contributed by atoms with Crippen LogP contribution >= 0.6 is 0 Å². The first-order valence-electron chi connectivity index (χ1n) is 7.70. The predicted molar refractivity (Wildman–Crippen MR) is 90.6 cm³/mol. The van der Waals surface area contributed by atoms with Crippen molar-refractivity contribution in [1.82, 2.24) is 4.90 Å². The Morgan fingerprint density at radius 2 is 1.74 bits per heavy atom. The highest BCUT2D eigenvalue weighted by molar-refractivity contribution is 5.78. The van der Waals surface area contributed by atoms with Crippen molar-refractivity contribution in [2.75, 3.05) is 13.7 Å². The molecule has 4 heteroatoms. The number of carbonyl (C=O) groups excluding carboxylic acids is 1. The van der Waals surface area contributed by atoms with Gasteiger partial charge in [-0.25, -0.2) is 0 Å². The van der Waals surface area contributed by atoms with Crippen molar-refractivity contribution < 1.29 is 14.3 Å². The first kappa shape index (κ1) is 16.9. The van der Waals surface area contributed by atoms with E-state index in [0.29, 0.717) is 18.0 Å². The van der Waals surface area contributed by atoms with Crippen LogP contribution in [0.2, 0.25) is 0 Å². The molecule has 122 valence electrons. The zero-order valence-corrected chi connectivity index (χ0v) is 13.9. The van der Waals surface area contributed by atoms with Crippen LogP contribution in [-0.2, 0) is 11.3 Å². The fourth-order valence-corrected chi connectivity index (χ4v) is 2.26. The van der Waals surface area contributed by atoms with Crippen LogP contribution in [0.5, 0.6) is 11.5 Å². The molecule has 2 aromatic rings. The smallest absolute Gasteiger partial charge is 0.261 e. The Kier molecular flexibility index (Phi) is 6.03. The van der Waals surface area contributed by atoms with Gasteiger partial charge in [-0.1, -0.05) is 36.4 Å². The lowest BCUT2D eigenvalue weighted by Crippen LogP contribution is -2.39. The van der Waals surface area contributed by atoms with E-state index >= 15 is 0 Å². The normalized spacial score (nSPS) is 10.4. The Labute approximate surface area is 137 Å². The standard InChI is InChI=1S/C19H23NO3/c1-15(2)20(13-16-8-5-4-6-9-16)19(21)14-23-18-11-7-10-17(12-18)22-3/h4-12,15H,13-14H2,1-3H3. The summed E-state index contributed by atoms with van der Waals surface area (Å²) >= 11 is 0. The molecule has 0 saturated heterocycles. The minimum atomic E-state index is -0.0355. The van der Waals surface area contributed by atoms with Crippen LogP contribution in [0.1, 0.15) is 19.4 Å². The molecule has 4 nitrogen and oxygen atoms in total. The second-order valence-corrected chi connectivity index (χ2v) is 5.57. The van der Waals surface area contributed by atoms with Crippen molar-refractivity contribution in [2.24, 2.45) is 0 Å². The number of carbonyl (C=O) groups is 1. The molecule has 0 aromatic heterocycles. The molecule has 0 heterocycles. The van der Waals surface area contributed by atoms with Gasteiger partial charge in [0, 0.05) is 18.7 Å². The van der Waals surface area contributed by atoms with E-state index in [2.05, 4.69) is 0 Å². The van der Waals surface area contributed by atoms with Crippen LogP contribution in [0.3, 0.4) is 0 Å². The molecule has 2 rings (SSSR count). The number of hydrogen-bond donors (Lipinski definition) is 0. The number of methoxy groups -OCH3 is 1. The quantitative estimate of drug-likeness (QED) is 0.785. The topological polar surface area (TPSA) is 38.8 Å². The van der Waals surface area contributed by atoms with Gasteiger partial charge in [0.1, 0.15) is 11.5 Å². The summed E-state index contributed by atoms with van der Waals surface area (Å²) in [6, 6.07) is 17.3. The molecule has 23 heavy (non-hydrogen) atoms. The average Bonchev–Trinajstić information content (AvgIpc) is 2.58. The van der Waals surface area contributed by atoms with Gasteiger partial charge in [-0.15, -0.1) is 0 Å². The number of hydrogen-bond acceptors (Lipinski definition) is 3. The van der Waals surface area contributed by atoms with E-state index < -0.39 is 0 Å². The molecule has 0 spiro atoms. The summed E-state index contributed by atoms with van der Waals surface area (Å²) < 4.78 is 10.8. The van der Waals surface area contributed by atoms with Gasteiger partial charge in [-0.3, -0.25) is 4.79 Å². The highest BCUT2D eigenvalue weighted by atomic mass is 16.5. The van der Waals surface area contributed by atoms with Crippen LogP contribution in [0.4, 0.5) is 0 Å². The number of amides is 1. The first-order valence-corrected chi connectivity index (χ1v) is 7.70. The molecule has 0 unspecified atom stereocenters. The Hall–Kier alpha value is -2.49. The molecule has 0 saturated carbocycles. The largest absolute Gasteiger partial charge is 0.497 e. The Morgan fingerprint density at radius 1 is 1.04 bits per heavy atom. The SMILES string of the molecule is COc1cccc(OCC(=O)N(Cc2ccccc2)C(C)C)c1. The molecule has 0 atom stereocenters.